The van der Waals surface area contributed by atoms with Gasteiger partial charge in [0, 0.05) is 18.2 Å². The van der Waals surface area contributed by atoms with Crippen LogP contribution in [-0.2, 0) is 15.1 Å². The van der Waals surface area contributed by atoms with Gasteiger partial charge in [-0.05, 0) is 36.7 Å². The van der Waals surface area contributed by atoms with Gasteiger partial charge < -0.3 is 9.94 Å². The normalized spacial score (nSPS) is 27.2. The van der Waals surface area contributed by atoms with Gasteiger partial charge >= 0.3 is 5.97 Å². The van der Waals surface area contributed by atoms with Crippen LogP contribution in [0.25, 0.3) is 0 Å². The van der Waals surface area contributed by atoms with Crippen LogP contribution in [-0.4, -0.2) is 16.9 Å². The minimum atomic E-state index is -0.785. The lowest BCUT2D eigenvalue weighted by atomic mass is 9.75. The monoisotopic (exact) mass is 423 g/mol. The number of rotatable bonds is 3. The van der Waals surface area contributed by atoms with Gasteiger partial charge in [-0.25, -0.2) is 4.79 Å². The molecular formula is C22H21N3O4S. The first-order valence-electron chi connectivity index (χ1n) is 9.98. The summed E-state index contributed by atoms with van der Waals surface area (Å²) in [6, 6.07) is 11.5. The summed E-state index contributed by atoms with van der Waals surface area (Å²) in [5.74, 6) is -0.593. The molecule has 0 radical (unpaired) electrons. The minimum absolute atomic E-state index is 0.0141. The van der Waals surface area contributed by atoms with Crippen molar-refractivity contribution in [2.24, 2.45) is 5.92 Å². The summed E-state index contributed by atoms with van der Waals surface area (Å²) in [4.78, 5) is 25.2. The Morgan fingerprint density at radius 2 is 2.00 bits per heavy atom. The number of nitrogens with zero attached hydrogens (tertiary/aromatic N) is 2. The molecule has 1 amide bonds. The highest BCUT2D eigenvalue weighted by molar-refractivity contribution is 8.02. The molecule has 1 atom stereocenters. The fourth-order valence-corrected chi connectivity index (χ4v) is 5.43. The van der Waals surface area contributed by atoms with Crippen LogP contribution < -0.4 is 10.2 Å². The Hall–Kier alpha value is -3.00. The van der Waals surface area contributed by atoms with Crippen molar-refractivity contribution in [1.29, 1.82) is 0 Å². The summed E-state index contributed by atoms with van der Waals surface area (Å²) in [7, 11) is 0. The molecule has 30 heavy (non-hydrogen) atoms. The maximum Gasteiger partial charge on any atom is 0.339 e. The summed E-state index contributed by atoms with van der Waals surface area (Å²) in [6.45, 7) is 0. The Kier molecular flexibility index (Phi) is 4.66. The van der Waals surface area contributed by atoms with Crippen LogP contribution in [0.4, 0.5) is 0 Å². The molecule has 7 nitrogen and oxygen atoms in total. The molecule has 1 aliphatic carbocycles. The highest BCUT2D eigenvalue weighted by Gasteiger charge is 2.50. The molecule has 1 fully saturated rings. The van der Waals surface area contributed by atoms with E-state index in [1.807, 2.05) is 46.9 Å². The Labute approximate surface area is 178 Å². The van der Waals surface area contributed by atoms with Crippen LogP contribution in [0, 0.1) is 11.1 Å². The van der Waals surface area contributed by atoms with E-state index in [1.165, 1.54) is 18.5 Å². The van der Waals surface area contributed by atoms with Crippen molar-refractivity contribution < 1.29 is 19.1 Å². The van der Waals surface area contributed by atoms with Crippen molar-refractivity contribution in [3.8, 4) is 0 Å². The second-order valence-corrected chi connectivity index (χ2v) is 8.85. The van der Waals surface area contributed by atoms with Crippen molar-refractivity contribution in [2.75, 3.05) is 0 Å². The van der Waals surface area contributed by atoms with Crippen LogP contribution in [0.15, 0.2) is 60.4 Å². The Morgan fingerprint density at radius 1 is 1.23 bits per heavy atom. The lowest BCUT2D eigenvalue weighted by molar-refractivity contribution is -0.606. The summed E-state index contributed by atoms with van der Waals surface area (Å²) < 4.78 is 6.40. The van der Waals surface area contributed by atoms with Crippen molar-refractivity contribution in [3.05, 3.63) is 82.3 Å². The first-order chi connectivity index (χ1) is 14.6. The lowest BCUT2D eigenvalue weighted by Crippen LogP contribution is -2.44. The molecule has 5 rings (SSSR count). The van der Waals surface area contributed by atoms with E-state index < -0.39 is 11.6 Å². The van der Waals surface area contributed by atoms with E-state index in [9.17, 15) is 14.8 Å². The number of ether oxygens (including phenoxy) is 1. The quantitative estimate of drug-likeness (QED) is 0.464. The fraction of sp³-hybridized carbons (Fsp3) is 0.318. The summed E-state index contributed by atoms with van der Waals surface area (Å²) in [5, 5.41) is 15.6. The molecule has 0 saturated heterocycles. The molecule has 0 bridgehead atoms. The molecule has 1 aromatic carbocycles. The van der Waals surface area contributed by atoms with Gasteiger partial charge in [-0.15, -0.1) is 11.8 Å². The smallest absolute Gasteiger partial charge is 0.339 e. The predicted molar refractivity (Wildman–Crippen MR) is 110 cm³/mol. The molecular weight excluding hydrogens is 402 g/mol. The average Bonchev–Trinajstić information content (AvgIpc) is 3.32. The molecule has 1 unspecified atom stereocenters. The highest BCUT2D eigenvalue weighted by Crippen LogP contribution is 2.47. The molecule has 2 aliphatic heterocycles. The Morgan fingerprint density at radius 3 is 2.77 bits per heavy atom. The number of amides is 1. The van der Waals surface area contributed by atoms with Crippen molar-refractivity contribution in [2.45, 2.75) is 36.7 Å². The van der Waals surface area contributed by atoms with Gasteiger partial charge in [0.1, 0.15) is 11.0 Å². The molecule has 8 heteroatoms. The van der Waals surface area contributed by atoms with Crippen LogP contribution in [0.3, 0.4) is 0 Å². The molecule has 1 spiro atoms. The van der Waals surface area contributed by atoms with Crippen molar-refractivity contribution in [3.63, 3.8) is 0 Å². The van der Waals surface area contributed by atoms with Gasteiger partial charge in [-0.3, -0.25) is 15.2 Å². The van der Waals surface area contributed by atoms with Gasteiger partial charge in [-0.1, -0.05) is 30.3 Å². The second-order valence-electron chi connectivity index (χ2n) is 7.86. The summed E-state index contributed by atoms with van der Waals surface area (Å²) >= 11 is 1.64. The van der Waals surface area contributed by atoms with Crippen molar-refractivity contribution >= 4 is 23.6 Å². The standard InChI is InChI=1S/C22H21N3O4S/c26-19(23-25-12-13-30-20(25)16-4-2-1-3-5-16)15-6-9-22(10-7-15)18-14-24(28)11-8-17(18)21(27)29-22/h1-5,8,11-15,20H,6-7,9-10H2,(H,23,26)/t15-,20?,22+. The number of fused-ring (bicyclic) bond motifs is 2. The van der Waals surface area contributed by atoms with E-state index in [-0.39, 0.29) is 17.2 Å². The number of hydrazine groups is 1. The molecule has 1 saturated carbocycles. The fourth-order valence-electron chi connectivity index (χ4n) is 4.51. The SMILES string of the molecule is O=C1O[C@]2(CC[C@@H](C(=O)NN3C=CSC3c3ccccc3)CC2)c2c[n+]([O-])ccc21. The molecule has 1 N–H and O–H groups in total. The zero-order valence-electron chi connectivity index (χ0n) is 16.2. The van der Waals surface area contributed by atoms with Gasteiger partial charge in [0.2, 0.25) is 5.91 Å². The van der Waals surface area contributed by atoms with E-state index in [0.29, 0.717) is 41.5 Å². The topological polar surface area (TPSA) is 85.6 Å². The molecule has 2 aromatic rings. The van der Waals surface area contributed by atoms with E-state index in [2.05, 4.69) is 5.43 Å². The van der Waals surface area contributed by atoms with E-state index in [1.54, 1.807) is 11.8 Å². The zero-order valence-corrected chi connectivity index (χ0v) is 17.0. The second kappa shape index (κ2) is 7.36. The van der Waals surface area contributed by atoms with Crippen LogP contribution in [0.1, 0.15) is 52.5 Å². The maximum absolute atomic E-state index is 12.9. The third kappa shape index (κ3) is 3.21. The number of esters is 1. The minimum Gasteiger partial charge on any atom is -0.619 e. The number of hydrogen-bond donors (Lipinski definition) is 1. The number of carbonyl (C=O) groups excluding carboxylic acids is 2. The predicted octanol–water partition coefficient (Wildman–Crippen LogP) is 3.13. The van der Waals surface area contributed by atoms with Gasteiger partial charge in [-0.2, -0.15) is 4.73 Å². The first-order valence-corrected chi connectivity index (χ1v) is 10.9. The van der Waals surface area contributed by atoms with Crippen LogP contribution >= 0.6 is 11.8 Å². The highest BCUT2D eigenvalue weighted by atomic mass is 32.2. The first kappa shape index (κ1) is 19.0. The van der Waals surface area contributed by atoms with Gasteiger partial charge in [0.15, 0.2) is 12.4 Å². The maximum atomic E-state index is 12.9. The van der Waals surface area contributed by atoms with Crippen LogP contribution in [0.5, 0.6) is 0 Å². The van der Waals surface area contributed by atoms with E-state index in [4.69, 9.17) is 4.74 Å². The van der Waals surface area contributed by atoms with E-state index >= 15 is 0 Å². The largest absolute Gasteiger partial charge is 0.619 e. The number of aromatic nitrogens is 1. The van der Waals surface area contributed by atoms with Crippen LogP contribution in [0.2, 0.25) is 0 Å². The number of benzene rings is 1. The number of hydrogen-bond acceptors (Lipinski definition) is 6. The molecule has 1 aromatic heterocycles. The van der Waals surface area contributed by atoms with Gasteiger partial charge in [0.25, 0.3) is 0 Å². The Bertz CT molecular complexity index is 1020. The number of nitrogens with one attached hydrogen (secondary N) is 1. The lowest BCUT2D eigenvalue weighted by Gasteiger charge is -2.36. The average molecular weight is 423 g/mol. The van der Waals surface area contributed by atoms with E-state index in [0.717, 1.165) is 5.56 Å². The zero-order chi connectivity index (χ0) is 20.7. The third-order valence-corrected chi connectivity index (χ3v) is 7.14. The summed E-state index contributed by atoms with van der Waals surface area (Å²) in [5.41, 5.74) is 4.47. The summed E-state index contributed by atoms with van der Waals surface area (Å²) in [6.07, 6.45) is 6.86. The molecule has 3 heterocycles. The number of carbonyl (C=O) groups is 2. The van der Waals surface area contributed by atoms with Crippen molar-refractivity contribution in [1.82, 2.24) is 10.4 Å². The third-order valence-electron chi connectivity index (χ3n) is 6.10. The Balaban J connectivity index is 1.26. The number of pyridine rings is 1. The molecule has 154 valence electrons. The molecule has 3 aliphatic rings. The van der Waals surface area contributed by atoms with Gasteiger partial charge in [0.05, 0.1) is 11.1 Å². The number of thioether (sulfide) groups is 1.